The molecule has 1 amide bonds. The number of hydrogen-bond donors (Lipinski definition) is 0. The molecule has 3 aromatic carbocycles. The van der Waals surface area contributed by atoms with E-state index in [2.05, 4.69) is 4.90 Å². The predicted octanol–water partition coefficient (Wildman–Crippen LogP) is 6.03. The number of ether oxygens (including phenoxy) is 2. The van der Waals surface area contributed by atoms with E-state index in [0.29, 0.717) is 56.0 Å². The fourth-order valence-corrected chi connectivity index (χ4v) is 5.26. The Hall–Kier alpha value is -4.21. The smallest absolute Gasteiger partial charge is 0.415 e. The summed E-state index contributed by atoms with van der Waals surface area (Å²) in [5, 5.41) is 0. The Kier molecular flexibility index (Phi) is 9.10. The normalized spacial score (nSPS) is 16.1. The van der Waals surface area contributed by atoms with Crippen LogP contribution in [0.5, 0.6) is 5.75 Å². The van der Waals surface area contributed by atoms with Crippen molar-refractivity contribution in [1.29, 1.82) is 0 Å². The second kappa shape index (κ2) is 12.5. The molecule has 41 heavy (non-hydrogen) atoms. The third kappa shape index (κ3) is 6.26. The van der Waals surface area contributed by atoms with Crippen molar-refractivity contribution >= 4 is 17.9 Å². The SMILES string of the molecule is CCOc1cc(CN2CCC3(CC2)CN(c2ccccc2F)C(=O)O3)c(-c2ccc(F)c(F)c2F)cc1C.O=C=O. The second-order valence-electron chi connectivity index (χ2n) is 9.88. The van der Waals surface area contributed by atoms with Crippen LogP contribution < -0.4 is 9.64 Å². The molecule has 1 spiro atoms. The Morgan fingerprint density at radius 1 is 0.951 bits per heavy atom. The van der Waals surface area contributed by atoms with Gasteiger partial charge in [0.25, 0.3) is 0 Å². The Morgan fingerprint density at radius 3 is 2.29 bits per heavy atom. The number of benzene rings is 3. The van der Waals surface area contributed by atoms with Crippen LogP contribution in [0.3, 0.4) is 0 Å². The molecule has 0 aromatic heterocycles. The topological polar surface area (TPSA) is 76.2 Å². The van der Waals surface area contributed by atoms with Gasteiger partial charge in [-0.25, -0.2) is 22.4 Å². The van der Waals surface area contributed by atoms with Crippen LogP contribution >= 0.6 is 0 Å². The number of para-hydroxylation sites is 1. The first-order valence-corrected chi connectivity index (χ1v) is 13.0. The molecule has 2 aliphatic rings. The molecule has 0 bridgehead atoms. The van der Waals surface area contributed by atoms with Gasteiger partial charge in [-0.1, -0.05) is 12.1 Å². The van der Waals surface area contributed by atoms with E-state index in [1.807, 2.05) is 19.9 Å². The maximum Gasteiger partial charge on any atom is 0.415 e. The van der Waals surface area contributed by atoms with Crippen molar-refractivity contribution in [2.75, 3.05) is 31.1 Å². The van der Waals surface area contributed by atoms with E-state index in [1.54, 1.807) is 24.3 Å². The number of amides is 1. The van der Waals surface area contributed by atoms with Gasteiger partial charge in [0, 0.05) is 38.0 Å². The highest BCUT2D eigenvalue weighted by Crippen LogP contribution is 2.38. The van der Waals surface area contributed by atoms with E-state index >= 15 is 0 Å². The highest BCUT2D eigenvalue weighted by molar-refractivity contribution is 5.90. The summed E-state index contributed by atoms with van der Waals surface area (Å²) < 4.78 is 68.3. The summed E-state index contributed by atoms with van der Waals surface area (Å²) >= 11 is 0. The van der Waals surface area contributed by atoms with E-state index in [9.17, 15) is 22.4 Å². The fraction of sp³-hybridized carbons (Fsp3) is 0.333. The zero-order valence-electron chi connectivity index (χ0n) is 22.5. The lowest BCUT2D eigenvalue weighted by atomic mass is 9.90. The number of nitrogens with zero attached hydrogens (tertiary/aromatic N) is 2. The molecule has 216 valence electrons. The minimum Gasteiger partial charge on any atom is -0.494 e. The van der Waals surface area contributed by atoms with Crippen molar-refractivity contribution in [2.24, 2.45) is 0 Å². The van der Waals surface area contributed by atoms with Crippen molar-refractivity contribution < 1.29 is 41.4 Å². The molecule has 2 heterocycles. The summed E-state index contributed by atoms with van der Waals surface area (Å²) in [4.78, 5) is 32.3. The first-order valence-electron chi connectivity index (χ1n) is 13.0. The number of rotatable bonds is 6. The van der Waals surface area contributed by atoms with Gasteiger partial charge in [0.05, 0.1) is 18.8 Å². The summed E-state index contributed by atoms with van der Waals surface area (Å²) in [7, 11) is 0. The van der Waals surface area contributed by atoms with E-state index in [-0.39, 0.29) is 23.9 Å². The van der Waals surface area contributed by atoms with E-state index in [0.717, 1.165) is 11.6 Å². The Balaban J connectivity index is 0.00000124. The zero-order chi connectivity index (χ0) is 29.7. The van der Waals surface area contributed by atoms with Gasteiger partial charge in [-0.3, -0.25) is 9.80 Å². The lowest BCUT2D eigenvalue weighted by Crippen LogP contribution is -2.46. The van der Waals surface area contributed by atoms with Crippen LogP contribution in [0.4, 0.5) is 28.0 Å². The third-order valence-electron chi connectivity index (χ3n) is 7.30. The third-order valence-corrected chi connectivity index (χ3v) is 7.30. The molecule has 7 nitrogen and oxygen atoms in total. The number of carbonyl (C=O) groups is 1. The van der Waals surface area contributed by atoms with Crippen molar-refractivity contribution in [1.82, 2.24) is 4.90 Å². The molecule has 3 aromatic rings. The molecular formula is C30H28F4N2O5. The molecule has 0 aliphatic carbocycles. The standard InChI is InChI=1S/C29H28F4N2O3.CO2/c1-3-37-25-15-19(21(14-18(25)2)20-8-9-23(31)27(33)26(20)32)16-34-12-10-29(11-13-34)17-35(28(36)38-29)24-7-5-4-6-22(24)30;2-1-3/h4-9,14-15H,3,10-13,16-17H2,1-2H3;. The van der Waals surface area contributed by atoms with Crippen molar-refractivity contribution in [3.05, 3.63) is 82.9 Å². The molecule has 2 aliphatic heterocycles. The van der Waals surface area contributed by atoms with Gasteiger partial charge >= 0.3 is 12.2 Å². The molecule has 0 atom stereocenters. The predicted molar refractivity (Wildman–Crippen MR) is 140 cm³/mol. The number of halogens is 4. The Labute approximate surface area is 234 Å². The van der Waals surface area contributed by atoms with Crippen molar-refractivity contribution in [3.8, 4) is 16.9 Å². The van der Waals surface area contributed by atoms with E-state index < -0.39 is 35.0 Å². The summed E-state index contributed by atoms with van der Waals surface area (Å²) in [5.74, 6) is -3.85. The highest BCUT2D eigenvalue weighted by atomic mass is 19.2. The van der Waals surface area contributed by atoms with Gasteiger partial charge in [-0.15, -0.1) is 0 Å². The van der Waals surface area contributed by atoms with Crippen molar-refractivity contribution in [3.63, 3.8) is 0 Å². The summed E-state index contributed by atoms with van der Waals surface area (Å²) in [6.07, 6.45) is 0.741. The molecule has 5 rings (SSSR count). The fourth-order valence-electron chi connectivity index (χ4n) is 5.26. The number of anilines is 1. The maximum absolute atomic E-state index is 14.8. The molecule has 11 heteroatoms. The summed E-state index contributed by atoms with van der Waals surface area (Å²) in [6, 6.07) is 11.8. The van der Waals surface area contributed by atoms with Gasteiger partial charge in [0.15, 0.2) is 17.5 Å². The second-order valence-corrected chi connectivity index (χ2v) is 9.88. The summed E-state index contributed by atoms with van der Waals surface area (Å²) in [5.41, 5.74) is 1.35. The quantitative estimate of drug-likeness (QED) is 0.266. The van der Waals surface area contributed by atoms with Gasteiger partial charge in [0.1, 0.15) is 17.2 Å². The van der Waals surface area contributed by atoms with E-state index in [4.69, 9.17) is 19.1 Å². The molecule has 0 unspecified atom stereocenters. The van der Waals surface area contributed by atoms with Crippen LogP contribution in [0.1, 0.15) is 30.9 Å². The minimum atomic E-state index is -1.51. The number of piperidine rings is 1. The number of carbonyl (C=O) groups excluding carboxylic acids is 3. The first kappa shape index (κ1) is 29.8. The lowest BCUT2D eigenvalue weighted by Gasteiger charge is -2.37. The average Bonchev–Trinajstić information content (AvgIpc) is 3.26. The minimum absolute atomic E-state index is 0.0243. The molecule has 0 radical (unpaired) electrons. The van der Waals surface area contributed by atoms with Crippen LogP contribution in [0.25, 0.3) is 11.1 Å². The molecular weight excluding hydrogens is 544 g/mol. The molecule has 2 saturated heterocycles. The number of likely N-dealkylation sites (tertiary alicyclic amines) is 1. The van der Waals surface area contributed by atoms with Crippen LogP contribution in [0.15, 0.2) is 48.5 Å². The average molecular weight is 573 g/mol. The van der Waals surface area contributed by atoms with Crippen molar-refractivity contribution in [2.45, 2.75) is 38.8 Å². The van der Waals surface area contributed by atoms with E-state index in [1.165, 1.54) is 17.0 Å². The van der Waals surface area contributed by atoms with Crippen LogP contribution in [-0.4, -0.2) is 49.0 Å². The Bertz CT molecular complexity index is 1470. The monoisotopic (exact) mass is 572 g/mol. The van der Waals surface area contributed by atoms with Gasteiger partial charge in [-0.05, 0) is 66.9 Å². The molecule has 0 saturated carbocycles. The van der Waals surface area contributed by atoms with Gasteiger partial charge in [0.2, 0.25) is 0 Å². The largest absolute Gasteiger partial charge is 0.494 e. The lowest BCUT2D eigenvalue weighted by molar-refractivity contribution is -0.191. The van der Waals surface area contributed by atoms with Gasteiger partial charge < -0.3 is 9.47 Å². The Morgan fingerprint density at radius 2 is 1.63 bits per heavy atom. The maximum atomic E-state index is 14.8. The summed E-state index contributed by atoms with van der Waals surface area (Å²) in [6.45, 7) is 5.90. The number of aryl methyl sites for hydroxylation is 1. The number of hydrogen-bond acceptors (Lipinski definition) is 6. The zero-order valence-corrected chi connectivity index (χ0v) is 22.5. The molecule has 2 fully saturated rings. The van der Waals surface area contributed by atoms with Crippen LogP contribution in [0.2, 0.25) is 0 Å². The highest BCUT2D eigenvalue weighted by Gasteiger charge is 2.48. The first-order chi connectivity index (χ1) is 19.6. The van der Waals surface area contributed by atoms with Crippen LogP contribution in [-0.2, 0) is 20.9 Å². The molecule has 0 N–H and O–H groups in total. The van der Waals surface area contributed by atoms with Gasteiger partial charge in [-0.2, -0.15) is 9.59 Å². The van der Waals surface area contributed by atoms with Crippen LogP contribution in [0, 0.1) is 30.2 Å².